The Bertz CT molecular complexity index is 402. The number of carbonyl (C=O) groups is 3. The van der Waals surface area contributed by atoms with E-state index in [9.17, 15) is 14.4 Å². The molecule has 0 saturated carbocycles. The monoisotopic (exact) mass is 402 g/mol. The number of quaternary nitrogens is 1. The van der Waals surface area contributed by atoms with Crippen molar-refractivity contribution in [2.45, 2.75) is 90.4 Å². The van der Waals surface area contributed by atoms with Gasteiger partial charge in [0.1, 0.15) is 0 Å². The first-order valence-corrected chi connectivity index (χ1v) is 10.8. The van der Waals surface area contributed by atoms with Gasteiger partial charge in [-0.15, -0.1) is 0 Å². The van der Waals surface area contributed by atoms with Crippen LogP contribution in [0.3, 0.4) is 0 Å². The zero-order valence-electron chi connectivity index (χ0n) is 17.5. The molecule has 3 N–H and O–H groups in total. The minimum atomic E-state index is -0.829. The van der Waals surface area contributed by atoms with Crippen molar-refractivity contribution in [3.8, 4) is 0 Å². The molecule has 0 aromatic heterocycles. The third kappa shape index (κ3) is 15.4. The van der Waals surface area contributed by atoms with Crippen LogP contribution in [-0.2, 0) is 14.4 Å². The van der Waals surface area contributed by atoms with Gasteiger partial charge in [0.2, 0.25) is 0 Å². The maximum atomic E-state index is 10.9. The van der Waals surface area contributed by atoms with E-state index in [1.54, 1.807) is 0 Å². The molecular formula is C21H40NO6+. The highest BCUT2D eigenvalue weighted by atomic mass is 16.4. The van der Waals surface area contributed by atoms with Crippen molar-refractivity contribution >= 4 is 17.9 Å². The zero-order chi connectivity index (χ0) is 21.3. The molecular weight excluding hydrogens is 362 g/mol. The second kappa shape index (κ2) is 16.3. The first-order valence-electron chi connectivity index (χ1n) is 10.8. The van der Waals surface area contributed by atoms with Crippen molar-refractivity contribution < 1.29 is 34.2 Å². The average molecular weight is 403 g/mol. The molecule has 0 heterocycles. The standard InChI is InChI=1S/C21H39NO6/c1-2-3-4-5-6-7-8-15-22(16-9-12-19(23)24,17-10-13-20(25)26)18-11-14-21(27)28/h2-18H2,1H3,(H2-,23,24,25,26,27,28)/p+1. The highest BCUT2D eigenvalue weighted by Crippen LogP contribution is 2.18. The summed E-state index contributed by atoms with van der Waals surface area (Å²) in [5.74, 6) is -2.49. The lowest BCUT2D eigenvalue weighted by atomic mass is 10.1. The van der Waals surface area contributed by atoms with E-state index in [4.69, 9.17) is 15.3 Å². The summed E-state index contributed by atoms with van der Waals surface area (Å²) < 4.78 is 0.642. The van der Waals surface area contributed by atoms with Crippen molar-refractivity contribution in [1.82, 2.24) is 0 Å². The molecule has 28 heavy (non-hydrogen) atoms. The van der Waals surface area contributed by atoms with Crippen LogP contribution in [-0.4, -0.2) is 63.9 Å². The molecule has 0 aliphatic carbocycles. The van der Waals surface area contributed by atoms with Crippen LogP contribution in [0.4, 0.5) is 0 Å². The molecule has 0 rings (SSSR count). The molecule has 0 spiro atoms. The van der Waals surface area contributed by atoms with Gasteiger partial charge in [0.25, 0.3) is 0 Å². The molecule has 7 heteroatoms. The number of carboxylic acid groups (broad SMARTS) is 3. The van der Waals surface area contributed by atoms with Crippen LogP contribution in [0.5, 0.6) is 0 Å². The van der Waals surface area contributed by atoms with E-state index in [0.29, 0.717) is 43.4 Å². The first-order chi connectivity index (χ1) is 13.3. The van der Waals surface area contributed by atoms with Gasteiger partial charge in [-0.1, -0.05) is 39.0 Å². The SMILES string of the molecule is CCCCCCCCC[N+](CCCC(=O)O)(CCCC(=O)O)CCCC(=O)O. The summed E-state index contributed by atoms with van der Waals surface area (Å²) in [5.41, 5.74) is 0. The molecule has 164 valence electrons. The molecule has 0 atom stereocenters. The fourth-order valence-corrected chi connectivity index (χ4v) is 3.77. The largest absolute Gasteiger partial charge is 0.481 e. The van der Waals surface area contributed by atoms with Crippen molar-refractivity contribution in [3.63, 3.8) is 0 Å². The van der Waals surface area contributed by atoms with E-state index in [0.717, 1.165) is 19.4 Å². The Kier molecular flexibility index (Phi) is 15.4. The highest BCUT2D eigenvalue weighted by molar-refractivity contribution is 5.67. The van der Waals surface area contributed by atoms with E-state index in [1.807, 2.05) is 0 Å². The first kappa shape index (κ1) is 26.4. The fraction of sp³-hybridized carbons (Fsp3) is 0.857. The van der Waals surface area contributed by atoms with Crippen LogP contribution in [0.2, 0.25) is 0 Å². The fourth-order valence-electron chi connectivity index (χ4n) is 3.77. The van der Waals surface area contributed by atoms with Gasteiger partial charge in [0.05, 0.1) is 45.4 Å². The molecule has 0 radical (unpaired) electrons. The number of hydrogen-bond acceptors (Lipinski definition) is 3. The molecule has 0 aliphatic rings. The number of rotatable bonds is 20. The number of nitrogens with zero attached hydrogens (tertiary/aromatic N) is 1. The Balaban J connectivity index is 4.78. The third-order valence-corrected chi connectivity index (χ3v) is 5.31. The Hall–Kier alpha value is -1.63. The molecule has 0 aliphatic heterocycles. The minimum Gasteiger partial charge on any atom is -0.481 e. The smallest absolute Gasteiger partial charge is 0.303 e. The van der Waals surface area contributed by atoms with Crippen molar-refractivity contribution in [2.75, 3.05) is 26.2 Å². The van der Waals surface area contributed by atoms with E-state index in [1.165, 1.54) is 32.1 Å². The third-order valence-electron chi connectivity index (χ3n) is 5.31. The van der Waals surface area contributed by atoms with Gasteiger partial charge in [-0.05, 0) is 12.8 Å². The number of carboxylic acids is 3. The zero-order valence-corrected chi connectivity index (χ0v) is 17.5. The van der Waals surface area contributed by atoms with E-state index in [2.05, 4.69) is 6.92 Å². The van der Waals surface area contributed by atoms with Crippen LogP contribution in [0.25, 0.3) is 0 Å². The molecule has 0 fully saturated rings. The number of unbranched alkanes of at least 4 members (excludes halogenated alkanes) is 6. The predicted octanol–water partition coefficient (Wildman–Crippen LogP) is 4.15. The quantitative estimate of drug-likeness (QED) is 0.208. The molecule has 0 amide bonds. The summed E-state index contributed by atoms with van der Waals surface area (Å²) in [5, 5.41) is 26.9. The van der Waals surface area contributed by atoms with Crippen LogP contribution in [0.1, 0.15) is 90.4 Å². The Morgan fingerprint density at radius 1 is 0.536 bits per heavy atom. The summed E-state index contributed by atoms with van der Waals surface area (Å²) in [7, 11) is 0. The summed E-state index contributed by atoms with van der Waals surface area (Å²) >= 11 is 0. The van der Waals surface area contributed by atoms with Crippen LogP contribution in [0.15, 0.2) is 0 Å². The topological polar surface area (TPSA) is 112 Å². The molecule has 0 unspecified atom stereocenters. The normalized spacial score (nSPS) is 11.5. The summed E-state index contributed by atoms with van der Waals surface area (Å²) in [6, 6.07) is 0. The van der Waals surface area contributed by atoms with Crippen molar-refractivity contribution in [2.24, 2.45) is 0 Å². The molecule has 0 bridgehead atoms. The van der Waals surface area contributed by atoms with Crippen LogP contribution >= 0.6 is 0 Å². The van der Waals surface area contributed by atoms with Crippen LogP contribution < -0.4 is 0 Å². The molecule has 0 aromatic rings. The Morgan fingerprint density at radius 3 is 1.21 bits per heavy atom. The predicted molar refractivity (Wildman–Crippen MR) is 108 cm³/mol. The second-order valence-electron chi connectivity index (χ2n) is 7.85. The van der Waals surface area contributed by atoms with Gasteiger partial charge >= 0.3 is 17.9 Å². The van der Waals surface area contributed by atoms with Crippen molar-refractivity contribution in [1.29, 1.82) is 0 Å². The van der Waals surface area contributed by atoms with E-state index >= 15 is 0 Å². The Morgan fingerprint density at radius 2 is 0.857 bits per heavy atom. The lowest BCUT2D eigenvalue weighted by Gasteiger charge is -2.39. The van der Waals surface area contributed by atoms with Gasteiger partial charge in [-0.25, -0.2) is 0 Å². The van der Waals surface area contributed by atoms with Gasteiger partial charge in [-0.2, -0.15) is 0 Å². The number of aliphatic carboxylic acids is 3. The molecule has 0 aromatic carbocycles. The number of hydrogen-bond donors (Lipinski definition) is 3. The highest BCUT2D eigenvalue weighted by Gasteiger charge is 2.27. The average Bonchev–Trinajstić information content (AvgIpc) is 2.60. The minimum absolute atomic E-state index is 0.0921. The summed E-state index contributed by atoms with van der Waals surface area (Å²) in [6.45, 7) is 5.06. The van der Waals surface area contributed by atoms with Gasteiger partial charge in [-0.3, -0.25) is 14.4 Å². The van der Waals surface area contributed by atoms with E-state index < -0.39 is 17.9 Å². The maximum Gasteiger partial charge on any atom is 0.303 e. The maximum absolute atomic E-state index is 10.9. The molecule has 7 nitrogen and oxygen atoms in total. The lowest BCUT2D eigenvalue weighted by Crippen LogP contribution is -2.51. The van der Waals surface area contributed by atoms with Gasteiger partial charge < -0.3 is 19.8 Å². The summed E-state index contributed by atoms with van der Waals surface area (Å²) in [4.78, 5) is 32.7. The Labute approximate surface area is 169 Å². The lowest BCUT2D eigenvalue weighted by molar-refractivity contribution is -0.929. The van der Waals surface area contributed by atoms with Gasteiger partial charge in [0, 0.05) is 19.3 Å². The van der Waals surface area contributed by atoms with Crippen molar-refractivity contribution in [3.05, 3.63) is 0 Å². The van der Waals surface area contributed by atoms with Gasteiger partial charge in [0.15, 0.2) is 0 Å². The summed E-state index contributed by atoms with van der Waals surface area (Å²) in [6.07, 6.45) is 10.1. The molecule has 0 saturated heterocycles. The van der Waals surface area contributed by atoms with Crippen LogP contribution in [0, 0.1) is 0 Å². The second-order valence-corrected chi connectivity index (χ2v) is 7.85. The van der Waals surface area contributed by atoms with E-state index in [-0.39, 0.29) is 19.3 Å².